The first-order valence-corrected chi connectivity index (χ1v) is 13.5. The van der Waals surface area contributed by atoms with Crippen LogP contribution in [0.5, 0.6) is 0 Å². The van der Waals surface area contributed by atoms with E-state index in [9.17, 15) is 18.1 Å². The number of hydrogen-bond donors (Lipinski definition) is 1. The first kappa shape index (κ1) is 32.1. The summed E-state index contributed by atoms with van der Waals surface area (Å²) in [5.41, 5.74) is 0. The van der Waals surface area contributed by atoms with E-state index in [2.05, 4.69) is 13.8 Å². The van der Waals surface area contributed by atoms with Crippen molar-refractivity contribution in [3.63, 3.8) is 0 Å². The maximum atomic E-state index is 11.5. The second-order valence-electron chi connectivity index (χ2n) is 8.52. The molecule has 0 saturated carbocycles. The van der Waals surface area contributed by atoms with Crippen molar-refractivity contribution in [2.75, 3.05) is 0 Å². The van der Waals surface area contributed by atoms with Gasteiger partial charge in [-0.05, 0) is 25.7 Å². The molecule has 29 heavy (non-hydrogen) atoms. The molecule has 0 bridgehead atoms. The Morgan fingerprint density at radius 2 is 1.00 bits per heavy atom. The van der Waals surface area contributed by atoms with E-state index in [4.69, 9.17) is 0 Å². The van der Waals surface area contributed by atoms with Crippen LogP contribution in [0.1, 0.15) is 136 Å². The van der Waals surface area contributed by atoms with Crippen LogP contribution >= 0.6 is 0 Å². The number of aliphatic hydroxyl groups is 1. The van der Waals surface area contributed by atoms with Gasteiger partial charge in [0, 0.05) is 5.25 Å². The Bertz CT molecular complexity index is 429. The van der Waals surface area contributed by atoms with Gasteiger partial charge in [-0.25, -0.2) is 8.42 Å². The van der Waals surface area contributed by atoms with E-state index in [1.807, 2.05) is 0 Å². The minimum Gasteiger partial charge on any atom is -0.748 e. The van der Waals surface area contributed by atoms with Gasteiger partial charge in [0.2, 0.25) is 0 Å². The smallest absolute Gasteiger partial charge is 0.748 e. The quantitative estimate of drug-likeness (QED) is 0.167. The van der Waals surface area contributed by atoms with Gasteiger partial charge in [0.05, 0.1) is 16.2 Å². The second kappa shape index (κ2) is 22.1. The number of aliphatic hydroxyl groups excluding tert-OH is 1. The average molecular weight is 443 g/mol. The molecule has 0 saturated heterocycles. The van der Waals surface area contributed by atoms with Gasteiger partial charge in [0.15, 0.2) is 0 Å². The SMILES string of the molecule is CCCCCCCCCCCC(CCC(O)CCCCCCCC)S(=O)(=O)[O-].[Na+]. The molecule has 0 fully saturated rings. The summed E-state index contributed by atoms with van der Waals surface area (Å²) in [6, 6.07) is 0. The predicted octanol–water partition coefficient (Wildman–Crippen LogP) is 3.72. The number of rotatable bonds is 21. The van der Waals surface area contributed by atoms with Crippen molar-refractivity contribution in [1.82, 2.24) is 0 Å². The van der Waals surface area contributed by atoms with Crippen LogP contribution in [0.15, 0.2) is 0 Å². The minimum absolute atomic E-state index is 0. The summed E-state index contributed by atoms with van der Waals surface area (Å²) < 4.78 is 34.6. The molecule has 0 aliphatic heterocycles. The van der Waals surface area contributed by atoms with E-state index in [1.54, 1.807) is 0 Å². The minimum atomic E-state index is -4.26. The van der Waals surface area contributed by atoms with Gasteiger partial charge in [-0.1, -0.05) is 110 Å². The standard InChI is InChI=1S/C23H48O4S.Na/c1-3-5-7-9-11-12-13-15-17-19-23(28(25,26)27)21-20-22(24)18-16-14-10-8-6-4-2;/h22-24H,3-21H2,1-2H3,(H,25,26,27);/q;+1/p-1. The van der Waals surface area contributed by atoms with Gasteiger partial charge in [-0.3, -0.25) is 0 Å². The first-order valence-electron chi connectivity index (χ1n) is 12.0. The van der Waals surface area contributed by atoms with Crippen molar-refractivity contribution in [1.29, 1.82) is 0 Å². The van der Waals surface area contributed by atoms with Crippen molar-refractivity contribution >= 4 is 10.1 Å². The zero-order valence-electron chi connectivity index (χ0n) is 19.7. The van der Waals surface area contributed by atoms with Crippen LogP contribution in [0.3, 0.4) is 0 Å². The Morgan fingerprint density at radius 3 is 1.41 bits per heavy atom. The van der Waals surface area contributed by atoms with Crippen molar-refractivity contribution in [3.05, 3.63) is 0 Å². The van der Waals surface area contributed by atoms with Crippen LogP contribution in [0.2, 0.25) is 0 Å². The van der Waals surface area contributed by atoms with Crippen LogP contribution in [-0.4, -0.2) is 29.4 Å². The third kappa shape index (κ3) is 21.9. The maximum absolute atomic E-state index is 11.5. The Kier molecular flexibility index (Phi) is 24.4. The van der Waals surface area contributed by atoms with Crippen LogP contribution in [0.4, 0.5) is 0 Å². The Hall–Kier alpha value is 0.870. The van der Waals surface area contributed by atoms with Crippen LogP contribution in [-0.2, 0) is 10.1 Å². The van der Waals surface area contributed by atoms with Crippen molar-refractivity contribution < 1.29 is 47.6 Å². The normalized spacial score (nSPS) is 13.8. The van der Waals surface area contributed by atoms with Crippen LogP contribution < -0.4 is 29.6 Å². The third-order valence-electron chi connectivity index (χ3n) is 5.75. The summed E-state index contributed by atoms with van der Waals surface area (Å²) >= 11 is 0. The molecule has 0 aromatic heterocycles. The Labute approximate surface area is 204 Å². The molecule has 1 N–H and O–H groups in total. The van der Waals surface area contributed by atoms with Gasteiger partial charge in [-0.2, -0.15) is 0 Å². The topological polar surface area (TPSA) is 77.4 Å². The summed E-state index contributed by atoms with van der Waals surface area (Å²) in [6.45, 7) is 4.41. The van der Waals surface area contributed by atoms with Crippen molar-refractivity contribution in [2.24, 2.45) is 0 Å². The molecule has 4 nitrogen and oxygen atoms in total. The zero-order valence-corrected chi connectivity index (χ0v) is 22.5. The molecule has 0 aromatic rings. The molecule has 0 spiro atoms. The molecular formula is C23H47NaO4S. The molecule has 2 unspecified atom stereocenters. The fourth-order valence-electron chi connectivity index (χ4n) is 3.80. The third-order valence-corrected chi connectivity index (χ3v) is 7.04. The second-order valence-corrected chi connectivity index (χ2v) is 10.2. The Morgan fingerprint density at radius 1 is 0.621 bits per heavy atom. The molecule has 0 rings (SSSR count). The van der Waals surface area contributed by atoms with Gasteiger partial charge < -0.3 is 9.66 Å². The molecule has 0 aromatic carbocycles. The van der Waals surface area contributed by atoms with Crippen molar-refractivity contribution in [2.45, 2.75) is 147 Å². The van der Waals surface area contributed by atoms with Gasteiger partial charge in [0.25, 0.3) is 0 Å². The molecule has 0 radical (unpaired) electrons. The predicted molar refractivity (Wildman–Crippen MR) is 119 cm³/mol. The van der Waals surface area contributed by atoms with Crippen molar-refractivity contribution in [3.8, 4) is 0 Å². The zero-order chi connectivity index (χ0) is 21.1. The molecule has 0 aliphatic carbocycles. The van der Waals surface area contributed by atoms with E-state index >= 15 is 0 Å². The largest absolute Gasteiger partial charge is 1.00 e. The molecular weight excluding hydrogens is 395 g/mol. The van der Waals surface area contributed by atoms with E-state index in [1.165, 1.54) is 64.2 Å². The van der Waals surface area contributed by atoms with E-state index < -0.39 is 21.5 Å². The number of unbranched alkanes of at least 4 members (excludes halogenated alkanes) is 13. The van der Waals surface area contributed by atoms with Gasteiger partial charge in [-0.15, -0.1) is 0 Å². The molecule has 2 atom stereocenters. The summed E-state index contributed by atoms with van der Waals surface area (Å²) in [6.07, 6.45) is 19.1. The summed E-state index contributed by atoms with van der Waals surface area (Å²) in [5, 5.41) is 9.28. The van der Waals surface area contributed by atoms with E-state index in [0.29, 0.717) is 19.3 Å². The van der Waals surface area contributed by atoms with Gasteiger partial charge >= 0.3 is 29.6 Å². The summed E-state index contributed by atoms with van der Waals surface area (Å²) in [4.78, 5) is 0. The fraction of sp³-hybridized carbons (Fsp3) is 1.00. The van der Waals surface area contributed by atoms with E-state index in [-0.39, 0.29) is 29.6 Å². The molecule has 6 heteroatoms. The monoisotopic (exact) mass is 442 g/mol. The number of hydrogen-bond acceptors (Lipinski definition) is 4. The van der Waals surface area contributed by atoms with E-state index in [0.717, 1.165) is 38.5 Å². The summed E-state index contributed by atoms with van der Waals surface area (Å²) in [5.74, 6) is 0. The fourth-order valence-corrected chi connectivity index (χ4v) is 4.68. The molecule has 0 heterocycles. The first-order chi connectivity index (χ1) is 13.4. The average Bonchev–Trinajstić information content (AvgIpc) is 2.64. The molecule has 0 aliphatic rings. The summed E-state index contributed by atoms with van der Waals surface area (Å²) in [7, 11) is -4.26. The van der Waals surface area contributed by atoms with Crippen LogP contribution in [0, 0.1) is 0 Å². The Balaban J connectivity index is 0. The molecule has 170 valence electrons. The molecule has 0 amide bonds. The van der Waals surface area contributed by atoms with Gasteiger partial charge in [0.1, 0.15) is 0 Å². The maximum Gasteiger partial charge on any atom is 1.00 e. The van der Waals surface area contributed by atoms with Crippen LogP contribution in [0.25, 0.3) is 0 Å².